The van der Waals surface area contributed by atoms with Crippen molar-refractivity contribution in [2.24, 2.45) is 0 Å². The first-order valence-corrected chi connectivity index (χ1v) is 10.7. The number of likely N-dealkylation sites (N-methyl/N-ethyl adjacent to an activating group) is 1. The molecule has 10 nitrogen and oxygen atoms in total. The number of hydrogen-bond donors (Lipinski definition) is 7. The molecule has 0 saturated carbocycles. The lowest BCUT2D eigenvalue weighted by molar-refractivity contribution is -0.277. The maximum Gasteiger partial charge on any atom is 0.229 e. The van der Waals surface area contributed by atoms with Crippen molar-refractivity contribution in [1.29, 1.82) is 0 Å². The number of aliphatic hydroxyl groups is 4. The van der Waals surface area contributed by atoms with Crippen LogP contribution in [0, 0.1) is 0 Å². The van der Waals surface area contributed by atoms with Crippen molar-refractivity contribution < 1.29 is 45.2 Å². The standard InChI is InChI=1S/C23H29NO9/c1-24-5-4-12-8-16(27)17(28)9-13(12)14(24)6-11-2-3-15(26)18(7-11)32-23-22(31)21(30)20(29)19(10-25)33-23/h2-3,7-9,14,19-23,25-31H,4-6,10H2,1H3/t14-,19-,20-,21+,22-,23-/m1/s1. The molecule has 0 bridgehead atoms. The number of fused-ring (bicyclic) bond motifs is 1. The number of nitrogens with zero attached hydrogens (tertiary/aromatic N) is 1. The lowest BCUT2D eigenvalue weighted by Gasteiger charge is -2.39. The Balaban J connectivity index is 1.57. The molecule has 2 aromatic carbocycles. The van der Waals surface area contributed by atoms with Crippen LogP contribution >= 0.6 is 0 Å². The van der Waals surface area contributed by atoms with Crippen molar-refractivity contribution in [3.05, 3.63) is 47.0 Å². The van der Waals surface area contributed by atoms with Crippen LogP contribution in [0.4, 0.5) is 0 Å². The number of phenolic OH excluding ortho intramolecular Hbond substituents is 3. The first-order chi connectivity index (χ1) is 15.7. The molecular formula is C23H29NO9. The van der Waals surface area contributed by atoms with Crippen molar-refractivity contribution >= 4 is 0 Å². The van der Waals surface area contributed by atoms with Crippen LogP contribution in [0.25, 0.3) is 0 Å². The van der Waals surface area contributed by atoms with E-state index in [2.05, 4.69) is 4.90 Å². The molecule has 0 unspecified atom stereocenters. The molecule has 1 fully saturated rings. The second-order valence-electron chi connectivity index (χ2n) is 8.61. The van der Waals surface area contributed by atoms with Gasteiger partial charge in [-0.05, 0) is 60.8 Å². The largest absolute Gasteiger partial charge is 0.504 e. The van der Waals surface area contributed by atoms with Gasteiger partial charge in [-0.3, -0.25) is 4.90 Å². The van der Waals surface area contributed by atoms with E-state index in [9.17, 15) is 35.7 Å². The number of phenols is 3. The maximum absolute atomic E-state index is 10.3. The third-order valence-electron chi connectivity index (χ3n) is 6.41. The zero-order valence-electron chi connectivity index (χ0n) is 18.1. The summed E-state index contributed by atoms with van der Waals surface area (Å²) in [6.07, 6.45) is -6.02. The minimum Gasteiger partial charge on any atom is -0.504 e. The number of benzene rings is 2. The molecule has 4 rings (SSSR count). The van der Waals surface area contributed by atoms with Crippen molar-refractivity contribution in [2.45, 2.75) is 49.6 Å². The average Bonchev–Trinajstić information content (AvgIpc) is 2.79. The molecule has 10 heteroatoms. The van der Waals surface area contributed by atoms with E-state index in [0.29, 0.717) is 6.42 Å². The molecule has 0 radical (unpaired) electrons. The number of hydrogen-bond acceptors (Lipinski definition) is 10. The highest BCUT2D eigenvalue weighted by Gasteiger charge is 2.45. The zero-order chi connectivity index (χ0) is 23.9. The Hall–Kier alpha value is -2.60. The molecule has 2 aliphatic heterocycles. The van der Waals surface area contributed by atoms with Gasteiger partial charge in [0.25, 0.3) is 0 Å². The van der Waals surface area contributed by atoms with E-state index in [0.717, 1.165) is 29.7 Å². The lowest BCUT2D eigenvalue weighted by atomic mass is 9.88. The summed E-state index contributed by atoms with van der Waals surface area (Å²) in [5, 5.41) is 69.6. The predicted molar refractivity (Wildman–Crippen MR) is 115 cm³/mol. The van der Waals surface area contributed by atoms with Crippen molar-refractivity contribution in [2.75, 3.05) is 20.2 Å². The molecule has 0 aliphatic carbocycles. The van der Waals surface area contributed by atoms with Gasteiger partial charge in [0.05, 0.1) is 6.61 Å². The van der Waals surface area contributed by atoms with E-state index in [4.69, 9.17) is 9.47 Å². The normalized spacial score (nSPS) is 30.1. The monoisotopic (exact) mass is 463 g/mol. The van der Waals surface area contributed by atoms with E-state index < -0.39 is 37.3 Å². The van der Waals surface area contributed by atoms with Gasteiger partial charge in [-0.1, -0.05) is 6.07 Å². The fraction of sp³-hybridized carbons (Fsp3) is 0.478. The van der Waals surface area contributed by atoms with Crippen LogP contribution in [0.15, 0.2) is 30.3 Å². The van der Waals surface area contributed by atoms with Gasteiger partial charge >= 0.3 is 0 Å². The number of rotatable bonds is 5. The zero-order valence-corrected chi connectivity index (χ0v) is 18.1. The minimum atomic E-state index is -1.60. The molecule has 33 heavy (non-hydrogen) atoms. The smallest absolute Gasteiger partial charge is 0.229 e. The van der Waals surface area contributed by atoms with E-state index in [1.54, 1.807) is 24.3 Å². The Morgan fingerprint density at radius 2 is 1.70 bits per heavy atom. The molecule has 0 aromatic heterocycles. The molecule has 1 saturated heterocycles. The molecule has 2 aliphatic rings. The molecule has 6 atom stereocenters. The van der Waals surface area contributed by atoms with Crippen molar-refractivity contribution in [3.63, 3.8) is 0 Å². The average molecular weight is 463 g/mol. The molecular weight excluding hydrogens is 434 g/mol. The summed E-state index contributed by atoms with van der Waals surface area (Å²) >= 11 is 0. The topological polar surface area (TPSA) is 163 Å². The quantitative estimate of drug-likeness (QED) is 0.294. The van der Waals surface area contributed by atoms with Crippen molar-refractivity contribution in [1.82, 2.24) is 4.90 Å². The third-order valence-corrected chi connectivity index (χ3v) is 6.41. The molecule has 180 valence electrons. The molecule has 7 N–H and O–H groups in total. The lowest BCUT2D eigenvalue weighted by Crippen LogP contribution is -2.60. The van der Waals surface area contributed by atoms with Crippen LogP contribution in [-0.2, 0) is 17.6 Å². The molecule has 2 aromatic rings. The van der Waals surface area contributed by atoms with Gasteiger partial charge in [-0.25, -0.2) is 0 Å². The molecule has 0 spiro atoms. The predicted octanol–water partition coefficient (Wildman–Crippen LogP) is -0.246. The van der Waals surface area contributed by atoms with E-state index >= 15 is 0 Å². The fourth-order valence-corrected chi connectivity index (χ4v) is 4.41. The SMILES string of the molecule is CN1CCc2cc(O)c(O)cc2[C@H]1Cc1ccc(O)c(O[C@@H]2O[C@H](CO)[C@@H](O)[C@H](O)[C@H]2O)c1. The summed E-state index contributed by atoms with van der Waals surface area (Å²) in [6, 6.07) is 7.78. The Morgan fingerprint density at radius 3 is 2.42 bits per heavy atom. The van der Waals surface area contributed by atoms with Gasteiger partial charge in [0.2, 0.25) is 6.29 Å². The van der Waals surface area contributed by atoms with E-state index in [-0.39, 0.29) is 29.0 Å². The Kier molecular flexibility index (Phi) is 6.66. The maximum atomic E-state index is 10.3. The highest BCUT2D eigenvalue weighted by atomic mass is 16.7. The number of ether oxygens (including phenoxy) is 2. The summed E-state index contributed by atoms with van der Waals surface area (Å²) in [4.78, 5) is 2.13. The van der Waals surface area contributed by atoms with Crippen molar-refractivity contribution in [3.8, 4) is 23.0 Å². The number of aromatic hydroxyl groups is 3. The van der Waals surface area contributed by atoms with Crippen LogP contribution in [0.5, 0.6) is 23.0 Å². The van der Waals surface area contributed by atoms with Gasteiger partial charge in [0, 0.05) is 12.6 Å². The molecule has 0 amide bonds. The summed E-state index contributed by atoms with van der Waals surface area (Å²) in [7, 11) is 1.96. The van der Waals surface area contributed by atoms with Gasteiger partial charge in [0.1, 0.15) is 24.4 Å². The summed E-state index contributed by atoms with van der Waals surface area (Å²) < 4.78 is 11.0. The van der Waals surface area contributed by atoms with E-state index in [1.807, 2.05) is 7.05 Å². The first-order valence-electron chi connectivity index (χ1n) is 10.7. The highest BCUT2D eigenvalue weighted by molar-refractivity contribution is 5.49. The first kappa shape index (κ1) is 23.6. The van der Waals surface area contributed by atoms with E-state index in [1.165, 1.54) is 6.07 Å². The van der Waals surface area contributed by atoms with Crippen LogP contribution in [-0.4, -0.2) is 91.6 Å². The van der Waals surface area contributed by atoms with Gasteiger partial charge in [-0.15, -0.1) is 0 Å². The second kappa shape index (κ2) is 9.34. The Labute approximate surface area is 190 Å². The second-order valence-corrected chi connectivity index (χ2v) is 8.61. The Bertz CT molecular complexity index is 998. The van der Waals surface area contributed by atoms with Crippen LogP contribution in [0.3, 0.4) is 0 Å². The van der Waals surface area contributed by atoms with Crippen LogP contribution in [0.1, 0.15) is 22.7 Å². The van der Waals surface area contributed by atoms with Crippen LogP contribution < -0.4 is 4.74 Å². The fourth-order valence-electron chi connectivity index (χ4n) is 4.41. The number of aliphatic hydroxyl groups excluding tert-OH is 4. The highest BCUT2D eigenvalue weighted by Crippen LogP contribution is 2.39. The van der Waals surface area contributed by atoms with Gasteiger partial charge < -0.3 is 45.2 Å². The summed E-state index contributed by atoms with van der Waals surface area (Å²) in [5.74, 6) is -0.553. The van der Waals surface area contributed by atoms with Crippen LogP contribution in [0.2, 0.25) is 0 Å². The summed E-state index contributed by atoms with van der Waals surface area (Å²) in [6.45, 7) is 0.168. The Morgan fingerprint density at radius 1 is 0.970 bits per heavy atom. The van der Waals surface area contributed by atoms with Gasteiger partial charge in [-0.2, -0.15) is 0 Å². The third kappa shape index (κ3) is 4.58. The molecule has 2 heterocycles. The minimum absolute atomic E-state index is 0.00377. The van der Waals surface area contributed by atoms with Gasteiger partial charge in [0.15, 0.2) is 23.0 Å². The summed E-state index contributed by atoms with van der Waals surface area (Å²) in [5.41, 5.74) is 2.62.